The van der Waals surface area contributed by atoms with E-state index in [1.807, 2.05) is 44.2 Å². The van der Waals surface area contributed by atoms with Crippen LogP contribution in [0.5, 0.6) is 0 Å². The van der Waals surface area contributed by atoms with Crippen molar-refractivity contribution < 1.29 is 4.79 Å². The highest BCUT2D eigenvalue weighted by Gasteiger charge is 2.14. The number of para-hydroxylation sites is 1. The summed E-state index contributed by atoms with van der Waals surface area (Å²) in [7, 11) is 0. The standard InChI is InChI=1S/C14H17N3O/c1-14(2,15)9-16-13(18)12-8-7-10-5-3-4-6-11(10)17-12/h3-8H,9,15H2,1-2H3,(H,16,18). The van der Waals surface area contributed by atoms with Crippen molar-refractivity contribution in [1.29, 1.82) is 0 Å². The lowest BCUT2D eigenvalue weighted by atomic mass is 10.1. The van der Waals surface area contributed by atoms with Crippen LogP contribution in [0.4, 0.5) is 0 Å². The van der Waals surface area contributed by atoms with Gasteiger partial charge in [0, 0.05) is 17.5 Å². The fourth-order valence-corrected chi connectivity index (χ4v) is 1.59. The second-order valence-corrected chi connectivity index (χ2v) is 5.06. The van der Waals surface area contributed by atoms with Gasteiger partial charge in [-0.2, -0.15) is 0 Å². The smallest absolute Gasteiger partial charge is 0.269 e. The summed E-state index contributed by atoms with van der Waals surface area (Å²) in [4.78, 5) is 16.2. The van der Waals surface area contributed by atoms with Gasteiger partial charge in [-0.05, 0) is 26.0 Å². The predicted octanol–water partition coefficient (Wildman–Crippen LogP) is 1.70. The molecule has 4 nitrogen and oxygen atoms in total. The van der Waals surface area contributed by atoms with Gasteiger partial charge < -0.3 is 11.1 Å². The molecule has 4 heteroatoms. The van der Waals surface area contributed by atoms with Gasteiger partial charge in [-0.1, -0.05) is 24.3 Å². The van der Waals surface area contributed by atoms with Crippen LogP contribution >= 0.6 is 0 Å². The van der Waals surface area contributed by atoms with Crippen LogP contribution in [-0.4, -0.2) is 23.0 Å². The minimum absolute atomic E-state index is 0.195. The number of nitrogens with two attached hydrogens (primary N) is 1. The number of fused-ring (bicyclic) bond motifs is 1. The van der Waals surface area contributed by atoms with Gasteiger partial charge >= 0.3 is 0 Å². The molecule has 0 fully saturated rings. The van der Waals surface area contributed by atoms with Crippen LogP contribution in [0.1, 0.15) is 24.3 Å². The number of hydrogen-bond acceptors (Lipinski definition) is 3. The number of nitrogens with one attached hydrogen (secondary N) is 1. The molecule has 0 aliphatic heterocycles. The Hall–Kier alpha value is -1.94. The first kappa shape index (κ1) is 12.5. The number of nitrogens with zero attached hydrogens (tertiary/aromatic N) is 1. The SMILES string of the molecule is CC(C)(N)CNC(=O)c1ccc2ccccc2n1. The van der Waals surface area contributed by atoms with Crippen LogP contribution in [0.3, 0.4) is 0 Å². The summed E-state index contributed by atoms with van der Waals surface area (Å²) in [5.41, 5.74) is 6.62. The Morgan fingerprint density at radius 3 is 2.72 bits per heavy atom. The average molecular weight is 243 g/mol. The van der Waals surface area contributed by atoms with Crippen molar-refractivity contribution in [2.75, 3.05) is 6.54 Å². The zero-order valence-electron chi connectivity index (χ0n) is 10.6. The number of aromatic nitrogens is 1. The minimum Gasteiger partial charge on any atom is -0.349 e. The lowest BCUT2D eigenvalue weighted by Gasteiger charge is -2.18. The molecule has 0 bridgehead atoms. The monoisotopic (exact) mass is 243 g/mol. The van der Waals surface area contributed by atoms with Gasteiger partial charge in [0.25, 0.3) is 5.91 Å². The summed E-state index contributed by atoms with van der Waals surface area (Å²) < 4.78 is 0. The Bertz CT molecular complexity index is 573. The number of rotatable bonds is 3. The number of amides is 1. The number of pyridine rings is 1. The van der Waals surface area contributed by atoms with Gasteiger partial charge in [-0.25, -0.2) is 4.98 Å². The number of benzene rings is 1. The van der Waals surface area contributed by atoms with Crippen LogP contribution in [0, 0.1) is 0 Å². The third kappa shape index (κ3) is 3.05. The van der Waals surface area contributed by atoms with Crippen molar-refractivity contribution in [2.24, 2.45) is 5.73 Å². The maximum absolute atomic E-state index is 11.9. The third-order valence-electron chi connectivity index (χ3n) is 2.54. The molecule has 18 heavy (non-hydrogen) atoms. The van der Waals surface area contributed by atoms with Gasteiger partial charge in [0.2, 0.25) is 0 Å². The Labute approximate surface area is 106 Å². The summed E-state index contributed by atoms with van der Waals surface area (Å²) in [6.45, 7) is 4.14. The minimum atomic E-state index is -0.424. The van der Waals surface area contributed by atoms with E-state index in [0.717, 1.165) is 10.9 Å². The molecule has 94 valence electrons. The van der Waals surface area contributed by atoms with Gasteiger partial charge in [-0.15, -0.1) is 0 Å². The Morgan fingerprint density at radius 2 is 2.00 bits per heavy atom. The molecular weight excluding hydrogens is 226 g/mol. The normalized spacial score (nSPS) is 11.5. The topological polar surface area (TPSA) is 68.0 Å². The van der Waals surface area contributed by atoms with Crippen molar-refractivity contribution in [1.82, 2.24) is 10.3 Å². The molecule has 0 atom stereocenters. The molecule has 1 aromatic heterocycles. The summed E-state index contributed by atoms with van der Waals surface area (Å²) in [6, 6.07) is 11.3. The maximum atomic E-state index is 11.9. The second kappa shape index (κ2) is 4.74. The molecule has 1 amide bonds. The van der Waals surface area contributed by atoms with E-state index in [0.29, 0.717) is 12.2 Å². The van der Waals surface area contributed by atoms with E-state index in [9.17, 15) is 4.79 Å². The van der Waals surface area contributed by atoms with Gasteiger partial charge in [0.15, 0.2) is 0 Å². The van der Waals surface area contributed by atoms with E-state index in [1.54, 1.807) is 6.07 Å². The quantitative estimate of drug-likeness (QED) is 0.862. The summed E-state index contributed by atoms with van der Waals surface area (Å²) in [5, 5.41) is 3.80. The largest absolute Gasteiger partial charge is 0.349 e. The van der Waals surface area contributed by atoms with Gasteiger partial charge in [0.05, 0.1) is 5.52 Å². The fraction of sp³-hybridized carbons (Fsp3) is 0.286. The first-order valence-electron chi connectivity index (χ1n) is 5.89. The highest BCUT2D eigenvalue weighted by atomic mass is 16.1. The molecule has 0 radical (unpaired) electrons. The van der Waals surface area contributed by atoms with Crippen LogP contribution < -0.4 is 11.1 Å². The molecule has 0 saturated heterocycles. The molecule has 3 N–H and O–H groups in total. The van der Waals surface area contributed by atoms with E-state index in [4.69, 9.17) is 5.73 Å². The van der Waals surface area contributed by atoms with E-state index in [2.05, 4.69) is 10.3 Å². The van der Waals surface area contributed by atoms with Crippen LogP contribution in [0.25, 0.3) is 10.9 Å². The number of hydrogen-bond donors (Lipinski definition) is 2. The fourth-order valence-electron chi connectivity index (χ4n) is 1.59. The predicted molar refractivity (Wildman–Crippen MR) is 72.3 cm³/mol. The van der Waals surface area contributed by atoms with E-state index in [-0.39, 0.29) is 5.91 Å². The van der Waals surface area contributed by atoms with Gasteiger partial charge in [0.1, 0.15) is 5.69 Å². The van der Waals surface area contributed by atoms with Gasteiger partial charge in [-0.3, -0.25) is 4.79 Å². The third-order valence-corrected chi connectivity index (χ3v) is 2.54. The number of carbonyl (C=O) groups excluding carboxylic acids is 1. The molecule has 2 aromatic rings. The summed E-state index contributed by atoms with van der Waals surface area (Å²) in [6.07, 6.45) is 0. The molecular formula is C14H17N3O. The molecule has 1 heterocycles. The van der Waals surface area contributed by atoms with Crippen molar-refractivity contribution in [3.05, 3.63) is 42.1 Å². The molecule has 0 saturated carbocycles. The van der Waals surface area contributed by atoms with E-state index in [1.165, 1.54) is 0 Å². The van der Waals surface area contributed by atoms with Crippen molar-refractivity contribution in [3.8, 4) is 0 Å². The van der Waals surface area contributed by atoms with Crippen LogP contribution in [-0.2, 0) is 0 Å². The zero-order valence-corrected chi connectivity index (χ0v) is 10.6. The Kier molecular flexibility index (Phi) is 3.30. The Balaban J connectivity index is 2.18. The van der Waals surface area contributed by atoms with Crippen LogP contribution in [0.15, 0.2) is 36.4 Å². The van der Waals surface area contributed by atoms with Crippen LogP contribution in [0.2, 0.25) is 0 Å². The maximum Gasteiger partial charge on any atom is 0.269 e. The van der Waals surface area contributed by atoms with Crippen molar-refractivity contribution >= 4 is 16.8 Å². The first-order chi connectivity index (χ1) is 8.46. The molecule has 0 aliphatic rings. The first-order valence-corrected chi connectivity index (χ1v) is 5.89. The zero-order chi connectivity index (χ0) is 13.2. The highest BCUT2D eigenvalue weighted by Crippen LogP contribution is 2.11. The lowest BCUT2D eigenvalue weighted by molar-refractivity contribution is 0.0941. The lowest BCUT2D eigenvalue weighted by Crippen LogP contribution is -2.45. The summed E-state index contributed by atoms with van der Waals surface area (Å²) in [5.74, 6) is -0.195. The number of carbonyl (C=O) groups is 1. The molecule has 1 aromatic carbocycles. The second-order valence-electron chi connectivity index (χ2n) is 5.06. The van der Waals surface area contributed by atoms with E-state index < -0.39 is 5.54 Å². The van der Waals surface area contributed by atoms with Crippen molar-refractivity contribution in [2.45, 2.75) is 19.4 Å². The molecule has 0 spiro atoms. The van der Waals surface area contributed by atoms with E-state index >= 15 is 0 Å². The Morgan fingerprint density at radius 1 is 1.28 bits per heavy atom. The highest BCUT2D eigenvalue weighted by molar-refractivity contribution is 5.94. The molecule has 0 aliphatic carbocycles. The summed E-state index contributed by atoms with van der Waals surface area (Å²) >= 11 is 0. The molecule has 2 rings (SSSR count). The average Bonchev–Trinajstić information content (AvgIpc) is 2.34. The molecule has 0 unspecified atom stereocenters. The van der Waals surface area contributed by atoms with Crippen molar-refractivity contribution in [3.63, 3.8) is 0 Å².